The topological polar surface area (TPSA) is 49.0 Å². The van der Waals surface area contributed by atoms with Crippen LogP contribution in [0.5, 0.6) is 0 Å². The van der Waals surface area contributed by atoms with Crippen molar-refractivity contribution in [2.24, 2.45) is 0 Å². The van der Waals surface area contributed by atoms with Crippen molar-refractivity contribution in [3.05, 3.63) is 78.0 Å². The third-order valence-electron chi connectivity index (χ3n) is 4.34. The highest BCUT2D eigenvalue weighted by atomic mass is 16.2. The molecule has 0 aliphatic heterocycles. The van der Waals surface area contributed by atoms with Crippen LogP contribution in [0, 0.1) is 0 Å². The maximum absolute atomic E-state index is 12.9. The monoisotopic (exact) mass is 315 g/mol. The van der Waals surface area contributed by atoms with Gasteiger partial charge in [0.2, 0.25) is 0 Å². The molecule has 0 aliphatic rings. The molecule has 0 unspecified atom stereocenters. The van der Waals surface area contributed by atoms with Crippen LogP contribution in [-0.2, 0) is 6.54 Å². The fraction of sp³-hybridized carbons (Fsp3) is 0.100. The van der Waals surface area contributed by atoms with Crippen molar-refractivity contribution in [2.75, 3.05) is 7.05 Å². The first kappa shape index (κ1) is 14.5. The van der Waals surface area contributed by atoms with E-state index in [1.807, 2.05) is 43.4 Å². The van der Waals surface area contributed by atoms with Gasteiger partial charge in [-0.3, -0.25) is 9.89 Å². The van der Waals surface area contributed by atoms with E-state index in [9.17, 15) is 4.79 Å². The first-order valence-electron chi connectivity index (χ1n) is 7.88. The molecule has 1 heterocycles. The number of amides is 1. The lowest BCUT2D eigenvalue weighted by Gasteiger charge is -2.19. The summed E-state index contributed by atoms with van der Waals surface area (Å²) in [7, 11) is 1.83. The largest absolute Gasteiger partial charge is 0.337 e. The molecule has 4 aromatic rings. The zero-order valence-electron chi connectivity index (χ0n) is 13.4. The molecule has 0 saturated heterocycles. The zero-order chi connectivity index (χ0) is 16.5. The Morgan fingerprint density at radius 3 is 2.67 bits per heavy atom. The Morgan fingerprint density at radius 2 is 1.75 bits per heavy atom. The van der Waals surface area contributed by atoms with Crippen molar-refractivity contribution in [1.82, 2.24) is 15.1 Å². The van der Waals surface area contributed by atoms with E-state index >= 15 is 0 Å². The van der Waals surface area contributed by atoms with E-state index in [2.05, 4.69) is 34.5 Å². The van der Waals surface area contributed by atoms with Gasteiger partial charge in [0.1, 0.15) is 0 Å². The molecule has 1 aromatic heterocycles. The Balaban J connectivity index is 1.67. The van der Waals surface area contributed by atoms with Crippen LogP contribution in [0.3, 0.4) is 0 Å². The molecule has 0 spiro atoms. The second kappa shape index (κ2) is 5.81. The van der Waals surface area contributed by atoms with Crippen LogP contribution >= 0.6 is 0 Å². The van der Waals surface area contributed by atoms with E-state index in [-0.39, 0.29) is 5.91 Å². The summed E-state index contributed by atoms with van der Waals surface area (Å²) in [5, 5.41) is 10.3. The number of aromatic amines is 1. The summed E-state index contributed by atoms with van der Waals surface area (Å²) < 4.78 is 0. The minimum atomic E-state index is -0.0159. The van der Waals surface area contributed by atoms with E-state index in [4.69, 9.17) is 0 Å². The molecule has 0 atom stereocenters. The number of benzene rings is 3. The average Bonchev–Trinajstić information content (AvgIpc) is 3.10. The lowest BCUT2D eigenvalue weighted by atomic mass is 10.0. The number of carbonyl (C=O) groups is 1. The van der Waals surface area contributed by atoms with Gasteiger partial charge in [-0.2, -0.15) is 5.10 Å². The van der Waals surface area contributed by atoms with Gasteiger partial charge in [-0.1, -0.05) is 54.6 Å². The van der Waals surface area contributed by atoms with Gasteiger partial charge in [0.15, 0.2) is 0 Å². The summed E-state index contributed by atoms with van der Waals surface area (Å²) in [6.45, 7) is 0.560. The van der Waals surface area contributed by atoms with E-state index in [1.165, 1.54) is 10.8 Å². The molecule has 4 rings (SSSR count). The molecule has 0 fully saturated rings. The van der Waals surface area contributed by atoms with E-state index in [1.54, 1.807) is 11.1 Å². The van der Waals surface area contributed by atoms with Crippen molar-refractivity contribution in [3.8, 4) is 0 Å². The molecule has 4 heteroatoms. The summed E-state index contributed by atoms with van der Waals surface area (Å²) in [6, 6.07) is 20.1. The molecule has 4 nitrogen and oxygen atoms in total. The molecule has 3 aromatic carbocycles. The highest BCUT2D eigenvalue weighted by Crippen LogP contribution is 2.22. The fourth-order valence-electron chi connectivity index (χ4n) is 3.11. The van der Waals surface area contributed by atoms with Gasteiger partial charge >= 0.3 is 0 Å². The number of hydrogen-bond acceptors (Lipinski definition) is 2. The Hall–Kier alpha value is -3.14. The van der Waals surface area contributed by atoms with Crippen molar-refractivity contribution < 1.29 is 4.79 Å². The van der Waals surface area contributed by atoms with Crippen LogP contribution in [-0.4, -0.2) is 28.1 Å². The van der Waals surface area contributed by atoms with Gasteiger partial charge < -0.3 is 4.90 Å². The fourth-order valence-corrected chi connectivity index (χ4v) is 3.11. The predicted octanol–water partition coefficient (Wildman–Crippen LogP) is 3.99. The summed E-state index contributed by atoms with van der Waals surface area (Å²) in [6.07, 6.45) is 1.73. The standard InChI is InChI=1S/C20H17N3O/c1-23(13-16-9-4-7-14-6-2-3-10-17(14)16)20(24)18-11-5-8-15-12-21-22-19(15)18/h2-12H,13H2,1H3,(H,21,22). The second-order valence-corrected chi connectivity index (χ2v) is 5.94. The van der Waals surface area contributed by atoms with Crippen LogP contribution in [0.2, 0.25) is 0 Å². The smallest absolute Gasteiger partial charge is 0.256 e. The lowest BCUT2D eigenvalue weighted by molar-refractivity contribution is 0.0787. The minimum Gasteiger partial charge on any atom is -0.337 e. The van der Waals surface area contributed by atoms with Crippen molar-refractivity contribution in [1.29, 1.82) is 0 Å². The highest BCUT2D eigenvalue weighted by molar-refractivity contribution is 6.05. The summed E-state index contributed by atoms with van der Waals surface area (Å²) in [4.78, 5) is 14.6. The molecular weight excluding hydrogens is 298 g/mol. The highest BCUT2D eigenvalue weighted by Gasteiger charge is 2.16. The second-order valence-electron chi connectivity index (χ2n) is 5.94. The zero-order valence-corrected chi connectivity index (χ0v) is 13.4. The van der Waals surface area contributed by atoms with Gasteiger partial charge in [-0.15, -0.1) is 0 Å². The van der Waals surface area contributed by atoms with E-state index in [0.29, 0.717) is 12.1 Å². The number of nitrogens with zero attached hydrogens (tertiary/aromatic N) is 2. The number of fused-ring (bicyclic) bond motifs is 2. The van der Waals surface area contributed by atoms with Crippen LogP contribution in [0.25, 0.3) is 21.7 Å². The first-order chi connectivity index (χ1) is 11.7. The number of carbonyl (C=O) groups excluding carboxylic acids is 1. The summed E-state index contributed by atoms with van der Waals surface area (Å²) in [5.41, 5.74) is 2.57. The van der Waals surface area contributed by atoms with Gasteiger partial charge in [0.25, 0.3) is 5.91 Å². The van der Waals surface area contributed by atoms with Crippen molar-refractivity contribution >= 4 is 27.6 Å². The van der Waals surface area contributed by atoms with Crippen molar-refractivity contribution in [2.45, 2.75) is 6.54 Å². The molecule has 1 amide bonds. The maximum atomic E-state index is 12.9. The molecule has 0 bridgehead atoms. The molecule has 24 heavy (non-hydrogen) atoms. The summed E-state index contributed by atoms with van der Waals surface area (Å²) >= 11 is 0. The van der Waals surface area contributed by atoms with Gasteiger partial charge in [0.05, 0.1) is 17.3 Å². The molecule has 0 radical (unpaired) electrons. The number of hydrogen-bond donors (Lipinski definition) is 1. The Bertz CT molecular complexity index is 1030. The third kappa shape index (κ3) is 2.42. The van der Waals surface area contributed by atoms with Crippen molar-refractivity contribution in [3.63, 3.8) is 0 Å². The number of para-hydroxylation sites is 1. The van der Waals surface area contributed by atoms with Gasteiger partial charge in [-0.05, 0) is 22.4 Å². The molecular formula is C20H17N3O. The predicted molar refractivity (Wildman–Crippen MR) is 95.8 cm³/mol. The Kier molecular flexibility index (Phi) is 3.50. The average molecular weight is 315 g/mol. The van der Waals surface area contributed by atoms with Crippen LogP contribution < -0.4 is 0 Å². The number of H-pyrrole nitrogens is 1. The maximum Gasteiger partial charge on any atom is 0.256 e. The SMILES string of the molecule is CN(Cc1cccc2ccccc12)C(=O)c1cccc2cn[nH]c12. The van der Waals surface area contributed by atoms with E-state index < -0.39 is 0 Å². The van der Waals surface area contributed by atoms with E-state index in [0.717, 1.165) is 16.5 Å². The Labute approximate surface area is 139 Å². The van der Waals surface area contributed by atoms with Crippen LogP contribution in [0.15, 0.2) is 66.9 Å². The molecule has 0 aliphatic carbocycles. The van der Waals surface area contributed by atoms with Crippen LogP contribution in [0.1, 0.15) is 15.9 Å². The molecule has 0 saturated carbocycles. The van der Waals surface area contributed by atoms with Crippen LogP contribution in [0.4, 0.5) is 0 Å². The molecule has 118 valence electrons. The quantitative estimate of drug-likeness (QED) is 0.621. The first-order valence-corrected chi connectivity index (χ1v) is 7.88. The number of rotatable bonds is 3. The summed E-state index contributed by atoms with van der Waals surface area (Å²) in [5.74, 6) is -0.0159. The minimum absolute atomic E-state index is 0.0159. The Morgan fingerprint density at radius 1 is 1.00 bits per heavy atom. The number of aromatic nitrogens is 2. The normalized spacial score (nSPS) is 11.0. The lowest BCUT2D eigenvalue weighted by Crippen LogP contribution is -2.26. The van der Waals surface area contributed by atoms with Gasteiger partial charge in [0, 0.05) is 19.0 Å². The third-order valence-corrected chi connectivity index (χ3v) is 4.34. The number of nitrogens with one attached hydrogen (secondary N) is 1. The molecule has 1 N–H and O–H groups in total. The van der Waals surface area contributed by atoms with Gasteiger partial charge in [-0.25, -0.2) is 0 Å².